The Morgan fingerprint density at radius 3 is 2.40 bits per heavy atom. The number of imidazole rings is 1. The number of methoxy groups -OCH3 is 1. The Balaban J connectivity index is 1.31. The summed E-state index contributed by atoms with van der Waals surface area (Å²) in [7, 11) is 1.54. The van der Waals surface area contributed by atoms with Crippen LogP contribution in [0.15, 0.2) is 36.9 Å². The van der Waals surface area contributed by atoms with Gasteiger partial charge in [0.05, 0.1) is 19.0 Å². The fourth-order valence-corrected chi connectivity index (χ4v) is 4.65. The maximum Gasteiger partial charge on any atom is 0.257 e. The lowest BCUT2D eigenvalue weighted by molar-refractivity contribution is -0.138. The second-order valence-corrected chi connectivity index (χ2v) is 8.41. The van der Waals surface area contributed by atoms with Crippen molar-refractivity contribution in [2.75, 3.05) is 33.3 Å². The van der Waals surface area contributed by atoms with Crippen molar-refractivity contribution in [3.63, 3.8) is 0 Å². The number of carbonyl (C=O) groups excluding carboxylic acids is 2. The minimum atomic E-state index is -0.0959. The minimum absolute atomic E-state index is 0.0138. The summed E-state index contributed by atoms with van der Waals surface area (Å²) in [5.41, 5.74) is 0.469. The van der Waals surface area contributed by atoms with Crippen LogP contribution < -0.4 is 4.74 Å². The molecule has 0 bridgehead atoms. The summed E-state index contributed by atoms with van der Waals surface area (Å²) >= 11 is 6.07. The van der Waals surface area contributed by atoms with Gasteiger partial charge in [-0.15, -0.1) is 0 Å². The van der Waals surface area contributed by atoms with Crippen molar-refractivity contribution in [2.24, 2.45) is 5.92 Å². The minimum Gasteiger partial charge on any atom is -0.496 e. The largest absolute Gasteiger partial charge is 0.496 e. The van der Waals surface area contributed by atoms with E-state index in [-0.39, 0.29) is 17.7 Å². The van der Waals surface area contributed by atoms with Crippen molar-refractivity contribution in [1.29, 1.82) is 0 Å². The summed E-state index contributed by atoms with van der Waals surface area (Å²) in [5, 5.41) is 0.503. The van der Waals surface area contributed by atoms with E-state index in [2.05, 4.69) is 9.55 Å². The highest BCUT2D eigenvalue weighted by molar-refractivity contribution is 6.31. The van der Waals surface area contributed by atoms with E-state index in [4.69, 9.17) is 16.3 Å². The molecule has 0 saturated carbocycles. The molecule has 0 unspecified atom stereocenters. The zero-order valence-electron chi connectivity index (χ0n) is 17.2. The molecule has 2 saturated heterocycles. The number of rotatable bonds is 4. The summed E-state index contributed by atoms with van der Waals surface area (Å²) in [5.74, 6) is 0.636. The van der Waals surface area contributed by atoms with E-state index in [1.165, 1.54) is 0 Å². The topological polar surface area (TPSA) is 67.7 Å². The standard InChI is InChI=1S/C22H27ClN4O3/c1-30-20-3-2-17(23)14-19(20)22(29)26-9-4-16(5-10-26)21(28)25-11-6-18(7-12-25)27-13-8-24-15-27/h2-3,8,13-16,18H,4-7,9-12H2,1H3. The number of likely N-dealkylation sites (tertiary alicyclic amines) is 2. The highest BCUT2D eigenvalue weighted by Crippen LogP contribution is 2.29. The van der Waals surface area contributed by atoms with Crippen LogP contribution in [0.25, 0.3) is 0 Å². The average Bonchev–Trinajstić information content (AvgIpc) is 3.33. The second-order valence-electron chi connectivity index (χ2n) is 7.98. The maximum atomic E-state index is 13.0. The molecule has 0 N–H and O–H groups in total. The van der Waals surface area contributed by atoms with E-state index in [0.29, 0.717) is 48.3 Å². The zero-order valence-corrected chi connectivity index (χ0v) is 17.9. The molecule has 2 aromatic rings. The number of halogens is 1. The third kappa shape index (κ3) is 4.31. The van der Waals surface area contributed by atoms with Crippen LogP contribution in [0.1, 0.15) is 42.1 Å². The third-order valence-electron chi connectivity index (χ3n) is 6.25. The Bertz CT molecular complexity index is 886. The van der Waals surface area contributed by atoms with Crippen molar-refractivity contribution >= 4 is 23.4 Å². The second kappa shape index (κ2) is 9.08. The molecule has 0 aliphatic carbocycles. The number of piperidine rings is 2. The van der Waals surface area contributed by atoms with Crippen molar-refractivity contribution in [1.82, 2.24) is 19.4 Å². The maximum absolute atomic E-state index is 13.0. The molecular formula is C22H27ClN4O3. The normalized spacial score (nSPS) is 18.5. The number of hydrogen-bond acceptors (Lipinski definition) is 4. The first-order valence-electron chi connectivity index (χ1n) is 10.5. The first kappa shape index (κ1) is 20.7. The van der Waals surface area contributed by atoms with Crippen LogP contribution in [-0.2, 0) is 4.79 Å². The fraction of sp³-hybridized carbons (Fsp3) is 0.500. The van der Waals surface area contributed by atoms with Gasteiger partial charge in [-0.05, 0) is 43.9 Å². The summed E-state index contributed by atoms with van der Waals surface area (Å²) < 4.78 is 7.45. The lowest BCUT2D eigenvalue weighted by Crippen LogP contribution is -2.46. The van der Waals surface area contributed by atoms with Crippen LogP contribution in [0.2, 0.25) is 5.02 Å². The van der Waals surface area contributed by atoms with Crippen LogP contribution in [0.3, 0.4) is 0 Å². The molecule has 2 aliphatic heterocycles. The van der Waals surface area contributed by atoms with Crippen molar-refractivity contribution in [3.8, 4) is 5.75 Å². The van der Waals surface area contributed by atoms with Gasteiger partial charge in [0, 0.05) is 55.6 Å². The Kier molecular flexibility index (Phi) is 6.27. The number of ether oxygens (including phenoxy) is 1. The predicted octanol–water partition coefficient (Wildman–Crippen LogP) is 3.26. The summed E-state index contributed by atoms with van der Waals surface area (Å²) in [4.78, 5) is 33.9. The third-order valence-corrected chi connectivity index (χ3v) is 6.48. The number of aromatic nitrogens is 2. The molecule has 0 atom stereocenters. The monoisotopic (exact) mass is 430 g/mol. The Labute approximate surface area is 181 Å². The highest BCUT2D eigenvalue weighted by atomic mass is 35.5. The van der Waals surface area contributed by atoms with Gasteiger partial charge in [0.15, 0.2) is 0 Å². The van der Waals surface area contributed by atoms with Gasteiger partial charge < -0.3 is 19.1 Å². The number of carbonyl (C=O) groups is 2. The van der Waals surface area contributed by atoms with Crippen molar-refractivity contribution < 1.29 is 14.3 Å². The Hall–Kier alpha value is -2.54. The molecule has 7 nitrogen and oxygen atoms in total. The number of nitrogens with zero attached hydrogens (tertiary/aromatic N) is 4. The first-order valence-corrected chi connectivity index (χ1v) is 10.8. The van der Waals surface area contributed by atoms with Crippen molar-refractivity contribution in [3.05, 3.63) is 47.5 Å². The van der Waals surface area contributed by atoms with Gasteiger partial charge >= 0.3 is 0 Å². The molecule has 160 valence electrons. The molecule has 2 amide bonds. The van der Waals surface area contributed by atoms with E-state index in [9.17, 15) is 9.59 Å². The number of benzene rings is 1. The van der Waals surface area contributed by atoms with Gasteiger partial charge in [-0.3, -0.25) is 9.59 Å². The molecule has 1 aromatic carbocycles. The van der Waals surface area contributed by atoms with Crippen LogP contribution in [-0.4, -0.2) is 64.5 Å². The lowest BCUT2D eigenvalue weighted by atomic mass is 9.93. The van der Waals surface area contributed by atoms with Gasteiger partial charge in [0.1, 0.15) is 5.75 Å². The van der Waals surface area contributed by atoms with Gasteiger partial charge in [0.25, 0.3) is 5.91 Å². The molecular weight excluding hydrogens is 404 g/mol. The fourth-order valence-electron chi connectivity index (χ4n) is 4.48. The van der Waals surface area contributed by atoms with E-state index >= 15 is 0 Å². The summed E-state index contributed by atoms with van der Waals surface area (Å²) in [6.45, 7) is 2.69. The molecule has 8 heteroatoms. The summed E-state index contributed by atoms with van der Waals surface area (Å²) in [6, 6.07) is 5.48. The smallest absolute Gasteiger partial charge is 0.257 e. The number of hydrogen-bond donors (Lipinski definition) is 0. The first-order chi connectivity index (χ1) is 14.6. The molecule has 1 aromatic heterocycles. The van der Waals surface area contributed by atoms with E-state index < -0.39 is 0 Å². The Morgan fingerprint density at radius 1 is 1.07 bits per heavy atom. The lowest BCUT2D eigenvalue weighted by Gasteiger charge is -2.37. The molecule has 30 heavy (non-hydrogen) atoms. The quantitative estimate of drug-likeness (QED) is 0.746. The van der Waals surface area contributed by atoms with Gasteiger partial charge in [-0.25, -0.2) is 4.98 Å². The van der Waals surface area contributed by atoms with Crippen LogP contribution >= 0.6 is 11.6 Å². The SMILES string of the molecule is COc1ccc(Cl)cc1C(=O)N1CCC(C(=O)N2CCC(n3ccnc3)CC2)CC1. The number of amides is 2. The van der Waals surface area contributed by atoms with E-state index in [1.807, 2.05) is 17.4 Å². The molecule has 4 rings (SSSR count). The van der Waals surface area contributed by atoms with Gasteiger partial charge in [0.2, 0.25) is 5.91 Å². The van der Waals surface area contributed by atoms with Crippen LogP contribution in [0.4, 0.5) is 0 Å². The van der Waals surface area contributed by atoms with Crippen LogP contribution in [0.5, 0.6) is 5.75 Å². The van der Waals surface area contributed by atoms with E-state index in [1.54, 1.807) is 36.4 Å². The molecule has 2 aliphatic rings. The van der Waals surface area contributed by atoms with Crippen LogP contribution in [0, 0.1) is 5.92 Å². The van der Waals surface area contributed by atoms with Gasteiger partial charge in [-0.2, -0.15) is 0 Å². The predicted molar refractivity (Wildman–Crippen MR) is 114 cm³/mol. The van der Waals surface area contributed by atoms with Crippen molar-refractivity contribution in [2.45, 2.75) is 31.7 Å². The molecule has 0 radical (unpaired) electrons. The average molecular weight is 431 g/mol. The molecule has 2 fully saturated rings. The van der Waals surface area contributed by atoms with Gasteiger partial charge in [-0.1, -0.05) is 11.6 Å². The summed E-state index contributed by atoms with van der Waals surface area (Å²) in [6.07, 6.45) is 8.92. The molecule has 0 spiro atoms. The molecule has 3 heterocycles. The zero-order chi connectivity index (χ0) is 21.1. The van der Waals surface area contributed by atoms with E-state index in [0.717, 1.165) is 25.9 Å². The highest BCUT2D eigenvalue weighted by Gasteiger charge is 2.33. The Morgan fingerprint density at radius 2 is 1.77 bits per heavy atom.